The number of carbonyl (C=O) groups is 1. The van der Waals surface area contributed by atoms with E-state index >= 15 is 0 Å². The van der Waals surface area contributed by atoms with Gasteiger partial charge >= 0.3 is 6.03 Å². The van der Waals surface area contributed by atoms with Crippen LogP contribution in [-0.2, 0) is 13.1 Å². The summed E-state index contributed by atoms with van der Waals surface area (Å²) in [6.45, 7) is 4.91. The molecule has 1 saturated carbocycles. The Hall–Kier alpha value is -2.36. The zero-order chi connectivity index (χ0) is 17.1. The maximum Gasteiger partial charge on any atom is 0.318 e. The third kappa shape index (κ3) is 3.94. The van der Waals surface area contributed by atoms with Crippen LogP contribution in [0.5, 0.6) is 0 Å². The predicted molar refractivity (Wildman–Crippen MR) is 93.1 cm³/mol. The molecule has 0 unspecified atom stereocenters. The molecule has 2 aromatic carbocycles. The molecular formula is C20H23FN2O. The first-order valence-corrected chi connectivity index (χ1v) is 8.38. The van der Waals surface area contributed by atoms with Crippen molar-refractivity contribution in [1.29, 1.82) is 0 Å². The molecule has 4 heteroatoms. The van der Waals surface area contributed by atoms with Gasteiger partial charge in [-0.05, 0) is 43.9 Å². The number of hydrogen-bond acceptors (Lipinski definition) is 1. The van der Waals surface area contributed by atoms with E-state index in [2.05, 4.69) is 18.3 Å². The molecule has 0 bridgehead atoms. The fourth-order valence-electron chi connectivity index (χ4n) is 2.88. The van der Waals surface area contributed by atoms with Gasteiger partial charge in [0.15, 0.2) is 0 Å². The highest BCUT2D eigenvalue weighted by molar-refractivity contribution is 5.75. The van der Waals surface area contributed by atoms with Crippen molar-refractivity contribution >= 4 is 6.03 Å². The number of amides is 2. The number of benzene rings is 2. The summed E-state index contributed by atoms with van der Waals surface area (Å²) >= 11 is 0. The van der Waals surface area contributed by atoms with Crippen molar-refractivity contribution in [3.8, 4) is 0 Å². The Morgan fingerprint density at radius 3 is 2.58 bits per heavy atom. The Morgan fingerprint density at radius 1 is 1.17 bits per heavy atom. The van der Waals surface area contributed by atoms with E-state index in [0.717, 1.165) is 18.4 Å². The van der Waals surface area contributed by atoms with Crippen LogP contribution in [0.15, 0.2) is 42.5 Å². The van der Waals surface area contributed by atoms with Crippen LogP contribution in [0.1, 0.15) is 35.1 Å². The van der Waals surface area contributed by atoms with Gasteiger partial charge in [0.05, 0.1) is 6.54 Å². The molecule has 0 saturated heterocycles. The van der Waals surface area contributed by atoms with Gasteiger partial charge in [0.2, 0.25) is 0 Å². The minimum Gasteiger partial charge on any atom is -0.334 e. The summed E-state index contributed by atoms with van der Waals surface area (Å²) in [5.74, 6) is -0.259. The van der Waals surface area contributed by atoms with Crippen molar-refractivity contribution in [1.82, 2.24) is 10.2 Å². The van der Waals surface area contributed by atoms with E-state index in [4.69, 9.17) is 0 Å². The maximum absolute atomic E-state index is 13.9. The number of aryl methyl sites for hydroxylation is 2. The van der Waals surface area contributed by atoms with Gasteiger partial charge in [-0.25, -0.2) is 9.18 Å². The zero-order valence-electron chi connectivity index (χ0n) is 14.2. The van der Waals surface area contributed by atoms with Crippen LogP contribution >= 0.6 is 0 Å². The number of hydrogen-bond donors (Lipinski definition) is 1. The standard InChI is InChI=1S/C20H23FN2O/c1-14-7-8-16(15(2)11-14)12-22-20(24)23(18-9-10-18)13-17-5-3-4-6-19(17)21/h3-8,11,18H,9-10,12-13H2,1-2H3,(H,22,24). The Bertz CT molecular complexity index is 740. The monoisotopic (exact) mass is 326 g/mol. The van der Waals surface area contributed by atoms with Crippen LogP contribution in [0.2, 0.25) is 0 Å². The number of nitrogens with zero attached hydrogens (tertiary/aromatic N) is 1. The first-order chi connectivity index (χ1) is 11.5. The van der Waals surface area contributed by atoms with Crippen LogP contribution < -0.4 is 5.32 Å². The van der Waals surface area contributed by atoms with Crippen LogP contribution in [0.25, 0.3) is 0 Å². The molecule has 0 spiro atoms. The molecule has 0 radical (unpaired) electrons. The van der Waals surface area contributed by atoms with E-state index in [1.807, 2.05) is 19.1 Å². The molecule has 0 aliphatic heterocycles. The molecule has 3 rings (SSSR count). The smallest absolute Gasteiger partial charge is 0.318 e. The van der Waals surface area contributed by atoms with Crippen LogP contribution in [0, 0.1) is 19.7 Å². The fourth-order valence-corrected chi connectivity index (χ4v) is 2.88. The summed E-state index contributed by atoms with van der Waals surface area (Å²) < 4.78 is 13.9. The minimum atomic E-state index is -0.259. The van der Waals surface area contributed by atoms with Gasteiger partial charge in [-0.15, -0.1) is 0 Å². The Balaban J connectivity index is 1.66. The maximum atomic E-state index is 13.9. The fraction of sp³-hybridized carbons (Fsp3) is 0.350. The Kier molecular flexibility index (Phi) is 4.84. The average molecular weight is 326 g/mol. The van der Waals surface area contributed by atoms with E-state index in [0.29, 0.717) is 18.7 Å². The summed E-state index contributed by atoms with van der Waals surface area (Å²) in [5, 5.41) is 2.98. The average Bonchev–Trinajstić information content (AvgIpc) is 3.38. The van der Waals surface area contributed by atoms with E-state index in [1.165, 1.54) is 17.2 Å². The van der Waals surface area contributed by atoms with E-state index in [9.17, 15) is 9.18 Å². The normalized spacial score (nSPS) is 13.6. The van der Waals surface area contributed by atoms with Crippen molar-refractivity contribution in [2.45, 2.75) is 45.8 Å². The molecular weight excluding hydrogens is 303 g/mol. The zero-order valence-corrected chi connectivity index (χ0v) is 14.2. The largest absolute Gasteiger partial charge is 0.334 e. The van der Waals surface area contributed by atoms with Crippen LogP contribution in [0.3, 0.4) is 0 Å². The molecule has 1 N–H and O–H groups in total. The lowest BCUT2D eigenvalue weighted by atomic mass is 10.1. The van der Waals surface area contributed by atoms with E-state index in [1.54, 1.807) is 23.1 Å². The highest BCUT2D eigenvalue weighted by Gasteiger charge is 2.32. The molecule has 3 nitrogen and oxygen atoms in total. The molecule has 1 aliphatic rings. The lowest BCUT2D eigenvalue weighted by molar-refractivity contribution is 0.191. The first kappa shape index (κ1) is 16.5. The topological polar surface area (TPSA) is 32.3 Å². The van der Waals surface area contributed by atoms with Gasteiger partial charge in [0.25, 0.3) is 0 Å². The van der Waals surface area contributed by atoms with Gasteiger partial charge in [-0.1, -0.05) is 42.0 Å². The number of rotatable bonds is 5. The number of urea groups is 1. The first-order valence-electron chi connectivity index (χ1n) is 8.38. The van der Waals surface area contributed by atoms with Gasteiger partial charge in [-0.2, -0.15) is 0 Å². The number of halogens is 1. The molecule has 0 heterocycles. The van der Waals surface area contributed by atoms with Gasteiger partial charge in [-0.3, -0.25) is 0 Å². The summed E-state index contributed by atoms with van der Waals surface area (Å²) in [6.07, 6.45) is 1.98. The number of carbonyl (C=O) groups excluding carboxylic acids is 1. The Morgan fingerprint density at radius 2 is 1.92 bits per heavy atom. The van der Waals surface area contributed by atoms with Gasteiger partial charge in [0.1, 0.15) is 5.82 Å². The quantitative estimate of drug-likeness (QED) is 0.872. The SMILES string of the molecule is Cc1ccc(CNC(=O)N(Cc2ccccc2F)C2CC2)c(C)c1. The Labute approximate surface area is 142 Å². The number of nitrogens with one attached hydrogen (secondary N) is 1. The molecule has 0 atom stereocenters. The third-order valence-electron chi connectivity index (χ3n) is 4.48. The lowest BCUT2D eigenvalue weighted by Crippen LogP contribution is -2.40. The molecule has 1 fully saturated rings. The molecule has 126 valence electrons. The molecule has 0 aromatic heterocycles. The molecule has 2 aromatic rings. The van der Waals surface area contributed by atoms with Crippen molar-refractivity contribution in [2.75, 3.05) is 0 Å². The highest BCUT2D eigenvalue weighted by Crippen LogP contribution is 2.29. The predicted octanol–water partition coefficient (Wildman–Crippen LogP) is 4.32. The molecule has 24 heavy (non-hydrogen) atoms. The second-order valence-electron chi connectivity index (χ2n) is 6.54. The highest BCUT2D eigenvalue weighted by atomic mass is 19.1. The summed E-state index contributed by atoms with van der Waals surface area (Å²) in [4.78, 5) is 14.3. The summed E-state index contributed by atoms with van der Waals surface area (Å²) in [6, 6.07) is 13.0. The second kappa shape index (κ2) is 7.04. The molecule has 1 aliphatic carbocycles. The van der Waals surface area contributed by atoms with Gasteiger partial charge < -0.3 is 10.2 Å². The lowest BCUT2D eigenvalue weighted by Gasteiger charge is -2.23. The van der Waals surface area contributed by atoms with Crippen molar-refractivity contribution < 1.29 is 9.18 Å². The minimum absolute atomic E-state index is 0.124. The third-order valence-corrected chi connectivity index (χ3v) is 4.48. The molecule has 2 amide bonds. The van der Waals surface area contributed by atoms with Crippen LogP contribution in [-0.4, -0.2) is 17.0 Å². The summed E-state index contributed by atoms with van der Waals surface area (Å²) in [5.41, 5.74) is 4.05. The second-order valence-corrected chi connectivity index (χ2v) is 6.54. The van der Waals surface area contributed by atoms with E-state index in [-0.39, 0.29) is 17.9 Å². The van der Waals surface area contributed by atoms with Crippen molar-refractivity contribution in [3.63, 3.8) is 0 Å². The summed E-state index contributed by atoms with van der Waals surface area (Å²) in [7, 11) is 0. The van der Waals surface area contributed by atoms with Crippen molar-refractivity contribution in [2.24, 2.45) is 0 Å². The van der Waals surface area contributed by atoms with Gasteiger partial charge in [0, 0.05) is 18.2 Å². The van der Waals surface area contributed by atoms with Crippen molar-refractivity contribution in [3.05, 3.63) is 70.5 Å². The van der Waals surface area contributed by atoms with E-state index < -0.39 is 0 Å². The van der Waals surface area contributed by atoms with Crippen LogP contribution in [0.4, 0.5) is 9.18 Å².